The van der Waals surface area contributed by atoms with Gasteiger partial charge in [0.2, 0.25) is 5.70 Å². The molecule has 21 heavy (non-hydrogen) atoms. The van der Waals surface area contributed by atoms with Crippen LogP contribution in [0.15, 0.2) is 23.1 Å². The van der Waals surface area contributed by atoms with Gasteiger partial charge in [0.1, 0.15) is 5.15 Å². The third-order valence-corrected chi connectivity index (χ3v) is 2.56. The molecule has 0 fully saturated rings. The predicted octanol–water partition coefficient (Wildman–Crippen LogP) is 3.11. The summed E-state index contributed by atoms with van der Waals surface area (Å²) >= 11 is 5.81. The molecule has 0 radical (unpaired) electrons. The summed E-state index contributed by atoms with van der Waals surface area (Å²) < 4.78 is 4.66. The van der Waals surface area contributed by atoms with Crippen molar-refractivity contribution in [2.75, 3.05) is 11.9 Å². The van der Waals surface area contributed by atoms with Gasteiger partial charge in [-0.05, 0) is 32.0 Å². The number of halogens is 1. The highest BCUT2D eigenvalue weighted by molar-refractivity contribution is 6.29. The van der Waals surface area contributed by atoms with E-state index in [4.69, 9.17) is 11.6 Å². The highest BCUT2D eigenvalue weighted by atomic mass is 35.5. The van der Waals surface area contributed by atoms with Gasteiger partial charge in [0.25, 0.3) is 0 Å². The lowest BCUT2D eigenvalue weighted by Crippen LogP contribution is -2.13. The molecular weight excluding hydrogens is 298 g/mol. The predicted molar refractivity (Wildman–Crippen MR) is 80.0 cm³/mol. The van der Waals surface area contributed by atoms with Gasteiger partial charge < -0.3 is 15.2 Å². The Morgan fingerprint density at radius 1 is 1.57 bits per heavy atom. The monoisotopic (exact) mass is 313 g/mol. The number of aromatic nitrogens is 1. The number of carbonyl (C=O) groups excluding carboxylic acids is 1. The van der Waals surface area contributed by atoms with E-state index < -0.39 is 17.4 Å². The maximum atomic E-state index is 11.6. The van der Waals surface area contributed by atoms with E-state index in [1.54, 1.807) is 6.92 Å². The lowest BCUT2D eigenvalue weighted by molar-refractivity contribution is -0.138. The van der Waals surface area contributed by atoms with Crippen LogP contribution in [0.2, 0.25) is 5.15 Å². The minimum atomic E-state index is -1.00. The number of nitrogens with zero attached hydrogens (tertiary/aromatic N) is 2. The first-order valence-electron chi connectivity index (χ1n) is 6.26. The number of hydrogen-bond donors (Lipinski definition) is 2. The van der Waals surface area contributed by atoms with Gasteiger partial charge in [-0.25, -0.2) is 9.78 Å². The zero-order valence-corrected chi connectivity index (χ0v) is 12.6. The van der Waals surface area contributed by atoms with Crippen LogP contribution in [0.25, 0.3) is 5.76 Å². The number of hydrogen-bond acceptors (Lipinski definition) is 7. The second kappa shape index (κ2) is 7.58. The van der Waals surface area contributed by atoms with Crippen LogP contribution in [0.5, 0.6) is 0 Å². The average molecular weight is 314 g/mol. The molecule has 0 unspecified atom stereocenters. The van der Waals surface area contributed by atoms with E-state index >= 15 is 0 Å². The fourth-order valence-corrected chi connectivity index (χ4v) is 1.71. The molecule has 114 valence electrons. The Morgan fingerprint density at radius 2 is 2.24 bits per heavy atom. The van der Waals surface area contributed by atoms with Gasteiger partial charge in [0.15, 0.2) is 5.76 Å². The van der Waals surface area contributed by atoms with E-state index in [-0.39, 0.29) is 23.4 Å². The van der Waals surface area contributed by atoms with Crippen molar-refractivity contribution in [2.24, 2.45) is 5.18 Å². The van der Waals surface area contributed by atoms with E-state index in [0.717, 1.165) is 0 Å². The second-order valence-electron chi connectivity index (χ2n) is 4.36. The molecule has 1 aromatic heterocycles. The molecule has 0 atom stereocenters. The zero-order valence-electron chi connectivity index (χ0n) is 11.9. The molecule has 8 heteroatoms. The van der Waals surface area contributed by atoms with Crippen molar-refractivity contribution in [3.63, 3.8) is 0 Å². The van der Waals surface area contributed by atoms with Crippen molar-refractivity contribution in [2.45, 2.75) is 26.8 Å². The third kappa shape index (κ3) is 4.42. The van der Waals surface area contributed by atoms with Crippen LogP contribution in [-0.2, 0) is 9.53 Å². The van der Waals surface area contributed by atoms with E-state index in [2.05, 4.69) is 20.2 Å². The summed E-state index contributed by atoms with van der Waals surface area (Å²) in [6.45, 7) is 5.39. The van der Waals surface area contributed by atoms with Crippen LogP contribution >= 0.6 is 11.6 Å². The average Bonchev–Trinajstić information content (AvgIpc) is 2.39. The first kappa shape index (κ1) is 16.9. The minimum Gasteiger partial charge on any atom is -0.505 e. The van der Waals surface area contributed by atoms with Gasteiger partial charge in [-0.15, -0.1) is 4.91 Å². The number of aliphatic hydroxyl groups excluding tert-OH is 1. The molecule has 0 aliphatic heterocycles. The second-order valence-corrected chi connectivity index (χ2v) is 4.75. The Morgan fingerprint density at radius 3 is 2.76 bits per heavy atom. The molecule has 1 aromatic rings. The number of rotatable bonds is 6. The number of pyridine rings is 1. The minimum absolute atomic E-state index is 0.0326. The van der Waals surface area contributed by atoms with Crippen molar-refractivity contribution < 1.29 is 14.6 Å². The standard InChI is InChI=1S/C13H16ClN3O4/c1-4-21-13(19)11(17-20)12(18)8-6-15-10(14)5-9(8)16-7(2)3/h5-7,18H,4H2,1-3H3,(H,15,16). The van der Waals surface area contributed by atoms with Crippen LogP contribution in [0.3, 0.4) is 0 Å². The molecule has 0 aliphatic rings. The number of nitrogens with one attached hydrogen (secondary N) is 1. The Labute approximate surface area is 126 Å². The summed E-state index contributed by atoms with van der Waals surface area (Å²) in [5.41, 5.74) is -0.156. The summed E-state index contributed by atoms with van der Waals surface area (Å²) in [6.07, 6.45) is 1.24. The highest BCUT2D eigenvalue weighted by Gasteiger charge is 2.22. The van der Waals surface area contributed by atoms with Crippen LogP contribution < -0.4 is 5.32 Å². The van der Waals surface area contributed by atoms with Gasteiger partial charge in [0.05, 0.1) is 17.9 Å². The quantitative estimate of drug-likeness (QED) is 0.275. The van der Waals surface area contributed by atoms with E-state index in [1.165, 1.54) is 12.3 Å². The van der Waals surface area contributed by atoms with Crippen LogP contribution in [0, 0.1) is 4.91 Å². The Hall–Kier alpha value is -2.15. The van der Waals surface area contributed by atoms with Gasteiger partial charge in [-0.1, -0.05) is 11.6 Å². The lowest BCUT2D eigenvalue weighted by Gasteiger charge is -2.14. The number of anilines is 1. The topological polar surface area (TPSA) is 101 Å². The number of nitroso groups, excluding NO2 is 1. The number of ether oxygens (including phenoxy) is 1. The molecular formula is C13H16ClN3O4. The molecule has 7 nitrogen and oxygen atoms in total. The van der Waals surface area contributed by atoms with Gasteiger partial charge in [0, 0.05) is 12.2 Å². The Kier molecular flexibility index (Phi) is 6.10. The summed E-state index contributed by atoms with van der Waals surface area (Å²) in [7, 11) is 0. The van der Waals surface area contributed by atoms with Gasteiger partial charge in [-0.3, -0.25) is 0 Å². The molecule has 0 saturated heterocycles. The summed E-state index contributed by atoms with van der Waals surface area (Å²) in [4.78, 5) is 26.2. The van der Waals surface area contributed by atoms with Gasteiger partial charge >= 0.3 is 5.97 Å². The Bertz CT molecular complexity index is 573. The van der Waals surface area contributed by atoms with Crippen LogP contribution in [-0.4, -0.2) is 28.7 Å². The molecule has 0 aliphatic carbocycles. The molecule has 0 amide bonds. The van der Waals surface area contributed by atoms with Gasteiger partial charge in [-0.2, -0.15) is 0 Å². The van der Waals surface area contributed by atoms with Crippen molar-refractivity contribution in [3.8, 4) is 0 Å². The number of esters is 1. The maximum Gasteiger partial charge on any atom is 0.364 e. The highest BCUT2D eigenvalue weighted by Crippen LogP contribution is 2.27. The molecule has 0 spiro atoms. The SMILES string of the molecule is CCOC(=O)C(N=O)=C(O)c1cnc(Cl)cc1NC(C)C. The fourth-order valence-electron chi connectivity index (χ4n) is 1.55. The summed E-state index contributed by atoms with van der Waals surface area (Å²) in [5, 5.41) is 15.9. The number of carbonyl (C=O) groups is 1. The molecule has 2 N–H and O–H groups in total. The molecule has 1 heterocycles. The Balaban J connectivity index is 3.35. The summed E-state index contributed by atoms with van der Waals surface area (Å²) in [5.74, 6) is -1.62. The maximum absolute atomic E-state index is 11.6. The van der Waals surface area contributed by atoms with Crippen molar-refractivity contribution in [3.05, 3.63) is 33.6 Å². The van der Waals surface area contributed by atoms with E-state index in [9.17, 15) is 14.8 Å². The largest absolute Gasteiger partial charge is 0.505 e. The normalized spacial score (nSPS) is 11.9. The lowest BCUT2D eigenvalue weighted by atomic mass is 10.1. The zero-order chi connectivity index (χ0) is 16.0. The van der Waals surface area contributed by atoms with Crippen LogP contribution in [0.1, 0.15) is 26.3 Å². The smallest absolute Gasteiger partial charge is 0.364 e. The molecule has 0 aromatic carbocycles. The first-order chi connectivity index (χ1) is 9.90. The van der Waals surface area contributed by atoms with Crippen molar-refractivity contribution in [1.29, 1.82) is 0 Å². The van der Waals surface area contributed by atoms with Crippen molar-refractivity contribution in [1.82, 2.24) is 4.98 Å². The number of aliphatic hydroxyl groups is 1. The molecule has 0 saturated carbocycles. The van der Waals surface area contributed by atoms with Crippen molar-refractivity contribution >= 4 is 29.0 Å². The fraction of sp³-hybridized carbons (Fsp3) is 0.385. The van der Waals surface area contributed by atoms with E-state index in [1.807, 2.05) is 13.8 Å². The summed E-state index contributed by atoms with van der Waals surface area (Å²) in [6, 6.07) is 1.51. The third-order valence-electron chi connectivity index (χ3n) is 2.35. The molecule has 1 rings (SSSR count). The van der Waals surface area contributed by atoms with E-state index in [0.29, 0.717) is 5.69 Å². The van der Waals surface area contributed by atoms with Crippen LogP contribution in [0.4, 0.5) is 5.69 Å². The first-order valence-corrected chi connectivity index (χ1v) is 6.64. The molecule has 0 bridgehead atoms.